The summed E-state index contributed by atoms with van der Waals surface area (Å²) < 4.78 is 13.2. The molecule has 0 aromatic heterocycles. The molecule has 0 radical (unpaired) electrons. The van der Waals surface area contributed by atoms with Crippen molar-refractivity contribution in [1.29, 1.82) is 0 Å². The van der Waals surface area contributed by atoms with Crippen LogP contribution in [-0.4, -0.2) is 24.1 Å². The van der Waals surface area contributed by atoms with Gasteiger partial charge in [-0.25, -0.2) is 4.39 Å². The Labute approximate surface area is 115 Å². The molecule has 0 saturated carbocycles. The molecule has 0 aliphatic carbocycles. The lowest BCUT2D eigenvalue weighted by Crippen LogP contribution is -2.24. The molecule has 104 valence electrons. The van der Waals surface area contributed by atoms with Crippen molar-refractivity contribution in [3.8, 4) is 0 Å². The summed E-state index contributed by atoms with van der Waals surface area (Å²) in [4.78, 5) is 10.2. The molecule has 0 spiro atoms. The highest BCUT2D eigenvalue weighted by molar-refractivity contribution is 6.31. The number of benzene rings is 1. The van der Waals surface area contributed by atoms with Gasteiger partial charge in [0.15, 0.2) is 0 Å². The Morgan fingerprint density at radius 1 is 1.58 bits per heavy atom. The molecule has 5 nitrogen and oxygen atoms in total. The van der Waals surface area contributed by atoms with Crippen molar-refractivity contribution in [2.24, 2.45) is 0 Å². The van der Waals surface area contributed by atoms with Crippen LogP contribution in [0.1, 0.15) is 19.3 Å². The van der Waals surface area contributed by atoms with Crippen molar-refractivity contribution >= 4 is 23.0 Å². The van der Waals surface area contributed by atoms with Gasteiger partial charge in [-0.15, -0.1) is 0 Å². The molecular formula is C12H15ClFN3O2. The number of hydrogen-bond acceptors (Lipinski definition) is 4. The molecule has 1 aromatic carbocycles. The summed E-state index contributed by atoms with van der Waals surface area (Å²) in [7, 11) is 0. The second-order valence-electron chi connectivity index (χ2n) is 4.55. The molecule has 1 saturated heterocycles. The minimum atomic E-state index is -0.781. The van der Waals surface area contributed by atoms with Gasteiger partial charge >= 0.3 is 0 Å². The largest absolute Gasteiger partial charge is 0.379 e. The first kappa shape index (κ1) is 14.0. The maximum absolute atomic E-state index is 13.2. The van der Waals surface area contributed by atoms with E-state index in [0.717, 1.165) is 31.9 Å². The third kappa shape index (κ3) is 3.54. The summed E-state index contributed by atoms with van der Waals surface area (Å²) in [6.07, 6.45) is 3.15. The summed E-state index contributed by atoms with van der Waals surface area (Å²) in [6.45, 7) is 1.60. The van der Waals surface area contributed by atoms with E-state index in [1.54, 1.807) is 0 Å². The Balaban J connectivity index is 2.01. The van der Waals surface area contributed by atoms with Gasteiger partial charge in [0.05, 0.1) is 16.0 Å². The molecule has 1 fully saturated rings. The number of anilines is 1. The number of nitro groups is 1. The predicted molar refractivity (Wildman–Crippen MR) is 72.2 cm³/mol. The monoisotopic (exact) mass is 287 g/mol. The van der Waals surface area contributed by atoms with E-state index in [1.807, 2.05) is 0 Å². The van der Waals surface area contributed by atoms with Crippen LogP contribution in [0.3, 0.4) is 0 Å². The van der Waals surface area contributed by atoms with Crippen molar-refractivity contribution in [3.63, 3.8) is 0 Å². The molecule has 7 heteroatoms. The fraction of sp³-hybridized carbons (Fsp3) is 0.500. The summed E-state index contributed by atoms with van der Waals surface area (Å²) in [5.74, 6) is -0.781. The van der Waals surface area contributed by atoms with Crippen molar-refractivity contribution in [2.45, 2.75) is 25.3 Å². The van der Waals surface area contributed by atoms with E-state index < -0.39 is 10.7 Å². The highest BCUT2D eigenvalue weighted by Gasteiger charge is 2.18. The van der Waals surface area contributed by atoms with Gasteiger partial charge in [0.1, 0.15) is 11.5 Å². The normalized spacial score (nSPS) is 18.5. The first-order valence-corrected chi connectivity index (χ1v) is 6.56. The molecule has 2 rings (SSSR count). The lowest BCUT2D eigenvalue weighted by atomic mass is 10.1. The Hall–Kier alpha value is -1.40. The van der Waals surface area contributed by atoms with Crippen LogP contribution in [0.4, 0.5) is 15.8 Å². The Kier molecular flexibility index (Phi) is 4.55. The third-order valence-electron chi connectivity index (χ3n) is 3.21. The maximum Gasteiger partial charge on any atom is 0.295 e. The minimum absolute atomic E-state index is 0.118. The zero-order chi connectivity index (χ0) is 13.8. The van der Waals surface area contributed by atoms with E-state index in [1.165, 1.54) is 6.07 Å². The highest BCUT2D eigenvalue weighted by Crippen LogP contribution is 2.30. The molecule has 0 bridgehead atoms. The van der Waals surface area contributed by atoms with Crippen LogP contribution < -0.4 is 10.6 Å². The molecule has 19 heavy (non-hydrogen) atoms. The number of nitrogens with one attached hydrogen (secondary N) is 2. The maximum atomic E-state index is 13.2. The van der Waals surface area contributed by atoms with Crippen LogP contribution in [-0.2, 0) is 0 Å². The van der Waals surface area contributed by atoms with E-state index in [9.17, 15) is 14.5 Å². The number of hydrogen-bond donors (Lipinski definition) is 2. The van der Waals surface area contributed by atoms with Crippen molar-refractivity contribution in [2.75, 3.05) is 18.4 Å². The molecule has 1 atom stereocenters. The van der Waals surface area contributed by atoms with Gasteiger partial charge in [-0.3, -0.25) is 10.1 Å². The molecule has 1 aromatic rings. The fourth-order valence-electron chi connectivity index (χ4n) is 2.21. The van der Waals surface area contributed by atoms with Crippen molar-refractivity contribution in [1.82, 2.24) is 5.32 Å². The van der Waals surface area contributed by atoms with E-state index in [-0.39, 0.29) is 16.4 Å². The van der Waals surface area contributed by atoms with Crippen LogP contribution >= 0.6 is 11.6 Å². The first-order chi connectivity index (χ1) is 9.08. The number of halogens is 2. The SMILES string of the molecule is O=[N+]([O-])c1cc(F)c(Cl)cc1NCC[C@@H]1CCCN1. The third-order valence-corrected chi connectivity index (χ3v) is 3.50. The van der Waals surface area contributed by atoms with Gasteiger partial charge in [-0.1, -0.05) is 11.6 Å². The Morgan fingerprint density at radius 3 is 3.00 bits per heavy atom. The summed E-state index contributed by atoms with van der Waals surface area (Å²) in [5.41, 5.74) is -0.0318. The van der Waals surface area contributed by atoms with Gasteiger partial charge in [-0.05, 0) is 31.9 Å². The lowest BCUT2D eigenvalue weighted by molar-refractivity contribution is -0.384. The zero-order valence-corrected chi connectivity index (χ0v) is 11.0. The second-order valence-corrected chi connectivity index (χ2v) is 4.96. The van der Waals surface area contributed by atoms with Crippen LogP contribution in [0.5, 0.6) is 0 Å². The van der Waals surface area contributed by atoms with Gasteiger partial charge < -0.3 is 10.6 Å². The quantitative estimate of drug-likeness (QED) is 0.645. The highest BCUT2D eigenvalue weighted by atomic mass is 35.5. The molecular weight excluding hydrogens is 273 g/mol. The summed E-state index contributed by atoms with van der Waals surface area (Å²) >= 11 is 5.65. The van der Waals surface area contributed by atoms with E-state index >= 15 is 0 Å². The smallest absolute Gasteiger partial charge is 0.295 e. The average molecular weight is 288 g/mol. The van der Waals surface area contributed by atoms with Gasteiger partial charge in [-0.2, -0.15) is 0 Å². The second kappa shape index (κ2) is 6.16. The standard InChI is InChI=1S/C12H15ClFN3O2/c13-9-6-11(12(17(18)19)7-10(9)14)16-5-3-8-2-1-4-15-8/h6-8,15-16H,1-5H2/t8-/m0/s1. The van der Waals surface area contributed by atoms with Gasteiger partial charge in [0.25, 0.3) is 5.69 Å². The van der Waals surface area contributed by atoms with Gasteiger partial charge in [0, 0.05) is 12.6 Å². The molecule has 1 heterocycles. The van der Waals surface area contributed by atoms with Crippen LogP contribution in [0.15, 0.2) is 12.1 Å². The van der Waals surface area contributed by atoms with Crippen LogP contribution in [0.2, 0.25) is 5.02 Å². The molecule has 0 amide bonds. The van der Waals surface area contributed by atoms with Crippen LogP contribution in [0, 0.1) is 15.9 Å². The lowest BCUT2D eigenvalue weighted by Gasteiger charge is -2.12. The summed E-state index contributed by atoms with van der Waals surface area (Å²) in [6, 6.07) is 2.55. The Morgan fingerprint density at radius 2 is 2.37 bits per heavy atom. The predicted octanol–water partition coefficient (Wildman–Crippen LogP) is 2.94. The molecule has 0 unspecified atom stereocenters. The van der Waals surface area contributed by atoms with E-state index in [0.29, 0.717) is 12.6 Å². The number of nitro benzene ring substituents is 1. The first-order valence-electron chi connectivity index (χ1n) is 6.18. The number of rotatable bonds is 5. The molecule has 1 aliphatic rings. The summed E-state index contributed by atoms with van der Waals surface area (Å²) in [5, 5.41) is 17.0. The zero-order valence-electron chi connectivity index (χ0n) is 10.3. The average Bonchev–Trinajstić information content (AvgIpc) is 2.86. The number of nitrogens with zero attached hydrogens (tertiary/aromatic N) is 1. The van der Waals surface area contributed by atoms with Crippen LogP contribution in [0.25, 0.3) is 0 Å². The fourth-order valence-corrected chi connectivity index (χ4v) is 2.38. The van der Waals surface area contributed by atoms with E-state index in [4.69, 9.17) is 11.6 Å². The van der Waals surface area contributed by atoms with Crippen molar-refractivity contribution < 1.29 is 9.31 Å². The molecule has 1 aliphatic heterocycles. The minimum Gasteiger partial charge on any atom is -0.379 e. The van der Waals surface area contributed by atoms with Crippen molar-refractivity contribution in [3.05, 3.63) is 33.1 Å². The topological polar surface area (TPSA) is 67.2 Å². The molecule has 2 N–H and O–H groups in total. The van der Waals surface area contributed by atoms with Gasteiger partial charge in [0.2, 0.25) is 0 Å². The Bertz CT molecular complexity index is 478. The van der Waals surface area contributed by atoms with E-state index in [2.05, 4.69) is 10.6 Å².